The molecule has 1 fully saturated rings. The first-order valence-electron chi connectivity index (χ1n) is 9.92. The van der Waals surface area contributed by atoms with Crippen molar-refractivity contribution in [2.24, 2.45) is 11.7 Å². The summed E-state index contributed by atoms with van der Waals surface area (Å²) in [6.07, 6.45) is 2.59. The average Bonchev–Trinajstić information content (AvgIpc) is 2.67. The summed E-state index contributed by atoms with van der Waals surface area (Å²) in [5, 5.41) is 3.02. The lowest BCUT2D eigenvalue weighted by Gasteiger charge is -2.31. The van der Waals surface area contributed by atoms with Crippen molar-refractivity contribution in [1.82, 2.24) is 10.2 Å². The molecule has 6 heteroatoms. The van der Waals surface area contributed by atoms with E-state index < -0.39 is 6.04 Å². The molecule has 160 valence electrons. The Balaban J connectivity index is 0.00000210. The van der Waals surface area contributed by atoms with E-state index in [1.807, 2.05) is 37.3 Å². The SMILES string of the molecule is Cc1ccc(C(N)C(=O)NCc2ccccc2CN2CCCC(C)C2)cc1.Cl.Cl. The molecule has 29 heavy (non-hydrogen) atoms. The Kier molecular flexibility index (Phi) is 10.7. The number of hydrogen-bond donors (Lipinski definition) is 2. The summed E-state index contributed by atoms with van der Waals surface area (Å²) < 4.78 is 0. The molecule has 0 spiro atoms. The second kappa shape index (κ2) is 12.2. The number of nitrogens with one attached hydrogen (secondary N) is 1. The average molecular weight is 438 g/mol. The number of halogens is 2. The lowest BCUT2D eigenvalue weighted by molar-refractivity contribution is -0.122. The molecule has 2 aromatic carbocycles. The quantitative estimate of drug-likeness (QED) is 0.704. The maximum atomic E-state index is 12.5. The van der Waals surface area contributed by atoms with Gasteiger partial charge in [0.05, 0.1) is 0 Å². The molecule has 2 unspecified atom stereocenters. The van der Waals surface area contributed by atoms with Gasteiger partial charge in [-0.05, 0) is 48.9 Å². The number of nitrogens with two attached hydrogens (primary N) is 1. The third kappa shape index (κ3) is 7.31. The van der Waals surface area contributed by atoms with Gasteiger partial charge in [0.1, 0.15) is 6.04 Å². The van der Waals surface area contributed by atoms with Gasteiger partial charge < -0.3 is 11.1 Å². The van der Waals surface area contributed by atoms with Crippen LogP contribution >= 0.6 is 24.8 Å². The predicted molar refractivity (Wildman–Crippen MR) is 125 cm³/mol. The number of carbonyl (C=O) groups is 1. The van der Waals surface area contributed by atoms with E-state index in [4.69, 9.17) is 5.73 Å². The maximum absolute atomic E-state index is 12.5. The first-order chi connectivity index (χ1) is 13.0. The van der Waals surface area contributed by atoms with Crippen LogP contribution in [0.4, 0.5) is 0 Å². The number of likely N-dealkylation sites (tertiary alicyclic amines) is 1. The fraction of sp³-hybridized carbons (Fsp3) is 0.435. The van der Waals surface area contributed by atoms with Gasteiger partial charge in [-0.25, -0.2) is 0 Å². The van der Waals surface area contributed by atoms with Gasteiger partial charge in [0, 0.05) is 19.6 Å². The molecule has 1 heterocycles. The number of nitrogens with zero attached hydrogens (tertiary/aromatic N) is 1. The summed E-state index contributed by atoms with van der Waals surface area (Å²) in [6, 6.07) is 15.5. The fourth-order valence-corrected chi connectivity index (χ4v) is 3.77. The van der Waals surface area contributed by atoms with Gasteiger partial charge >= 0.3 is 0 Å². The number of rotatable bonds is 6. The minimum absolute atomic E-state index is 0. The second-order valence-corrected chi connectivity index (χ2v) is 7.86. The maximum Gasteiger partial charge on any atom is 0.241 e. The van der Waals surface area contributed by atoms with Crippen LogP contribution in [-0.4, -0.2) is 23.9 Å². The van der Waals surface area contributed by atoms with E-state index in [9.17, 15) is 4.79 Å². The Labute approximate surface area is 187 Å². The standard InChI is InChI=1S/C23H31N3O.2ClH/c1-17-9-11-19(12-10-17)22(24)23(27)25-14-20-7-3-4-8-21(20)16-26-13-5-6-18(2)15-26;;/h3-4,7-12,18,22H,5-6,13-16,24H2,1-2H3,(H,25,27);2*1H. The molecule has 4 nitrogen and oxygen atoms in total. The lowest BCUT2D eigenvalue weighted by Crippen LogP contribution is -2.35. The van der Waals surface area contributed by atoms with Crippen molar-refractivity contribution in [3.8, 4) is 0 Å². The molecular weight excluding hydrogens is 405 g/mol. The Morgan fingerprint density at radius 2 is 1.79 bits per heavy atom. The minimum atomic E-state index is -0.638. The second-order valence-electron chi connectivity index (χ2n) is 7.86. The molecule has 0 aliphatic carbocycles. The lowest BCUT2D eigenvalue weighted by atomic mass is 9.99. The Morgan fingerprint density at radius 1 is 1.14 bits per heavy atom. The normalized spacial score (nSPS) is 17.6. The highest BCUT2D eigenvalue weighted by Gasteiger charge is 2.18. The van der Waals surface area contributed by atoms with Crippen LogP contribution in [0.2, 0.25) is 0 Å². The highest BCUT2D eigenvalue weighted by Crippen LogP contribution is 2.20. The van der Waals surface area contributed by atoms with Crippen molar-refractivity contribution in [2.75, 3.05) is 13.1 Å². The third-order valence-corrected chi connectivity index (χ3v) is 5.43. The third-order valence-electron chi connectivity index (χ3n) is 5.43. The summed E-state index contributed by atoms with van der Waals surface area (Å²) in [6.45, 7) is 8.11. The zero-order chi connectivity index (χ0) is 19.2. The van der Waals surface area contributed by atoms with Crippen LogP contribution in [0.3, 0.4) is 0 Å². The summed E-state index contributed by atoms with van der Waals surface area (Å²) in [5.41, 5.74) is 10.6. The number of hydrogen-bond acceptors (Lipinski definition) is 3. The largest absolute Gasteiger partial charge is 0.350 e. The van der Waals surface area contributed by atoms with Crippen LogP contribution in [-0.2, 0) is 17.9 Å². The van der Waals surface area contributed by atoms with Gasteiger partial charge in [0.15, 0.2) is 0 Å². The summed E-state index contributed by atoms with van der Waals surface area (Å²) >= 11 is 0. The van der Waals surface area contributed by atoms with E-state index in [1.54, 1.807) is 0 Å². The molecule has 1 saturated heterocycles. The molecule has 1 aliphatic rings. The van der Waals surface area contributed by atoms with Gasteiger partial charge in [0.2, 0.25) is 5.91 Å². The van der Waals surface area contributed by atoms with Gasteiger partial charge in [-0.2, -0.15) is 0 Å². The van der Waals surface area contributed by atoms with Gasteiger partial charge in [-0.3, -0.25) is 9.69 Å². The number of aryl methyl sites for hydroxylation is 1. The fourth-order valence-electron chi connectivity index (χ4n) is 3.77. The van der Waals surface area contributed by atoms with Gasteiger partial charge in [-0.15, -0.1) is 24.8 Å². The van der Waals surface area contributed by atoms with E-state index in [0.717, 1.165) is 36.7 Å². The van der Waals surface area contributed by atoms with E-state index in [0.29, 0.717) is 6.54 Å². The first-order valence-corrected chi connectivity index (χ1v) is 9.92. The van der Waals surface area contributed by atoms with E-state index in [1.165, 1.54) is 24.0 Å². The van der Waals surface area contributed by atoms with Crippen LogP contribution in [0, 0.1) is 12.8 Å². The van der Waals surface area contributed by atoms with E-state index >= 15 is 0 Å². The molecule has 1 amide bonds. The molecule has 0 aromatic heterocycles. The molecule has 3 N–H and O–H groups in total. The van der Waals surface area contributed by atoms with Crippen LogP contribution < -0.4 is 11.1 Å². The first kappa shape index (κ1) is 25.4. The molecule has 3 rings (SSSR count). The Morgan fingerprint density at radius 3 is 2.45 bits per heavy atom. The zero-order valence-corrected chi connectivity index (χ0v) is 18.9. The van der Waals surface area contributed by atoms with E-state index in [-0.39, 0.29) is 30.7 Å². The number of amides is 1. The van der Waals surface area contributed by atoms with Gasteiger partial charge in [-0.1, -0.05) is 61.0 Å². The van der Waals surface area contributed by atoms with Crippen LogP contribution in [0.25, 0.3) is 0 Å². The monoisotopic (exact) mass is 437 g/mol. The Hall–Kier alpha value is -1.59. The summed E-state index contributed by atoms with van der Waals surface area (Å²) in [5.74, 6) is 0.623. The smallest absolute Gasteiger partial charge is 0.241 e. The van der Waals surface area contributed by atoms with Crippen molar-refractivity contribution in [2.45, 2.75) is 45.8 Å². The van der Waals surface area contributed by atoms with Crippen LogP contribution in [0.5, 0.6) is 0 Å². The molecule has 2 atom stereocenters. The van der Waals surface area contributed by atoms with Crippen LogP contribution in [0.1, 0.15) is 48.1 Å². The van der Waals surface area contributed by atoms with Crippen LogP contribution in [0.15, 0.2) is 48.5 Å². The summed E-state index contributed by atoms with van der Waals surface area (Å²) in [7, 11) is 0. The number of benzene rings is 2. The molecule has 1 aliphatic heterocycles. The summed E-state index contributed by atoms with van der Waals surface area (Å²) in [4.78, 5) is 15.0. The highest BCUT2D eigenvalue weighted by atomic mass is 35.5. The molecule has 0 radical (unpaired) electrons. The minimum Gasteiger partial charge on any atom is -0.350 e. The predicted octanol–water partition coefficient (Wildman–Crippen LogP) is 4.39. The van der Waals surface area contributed by atoms with E-state index in [2.05, 4.69) is 35.3 Å². The van der Waals surface area contributed by atoms with Crippen molar-refractivity contribution >= 4 is 30.7 Å². The molecule has 0 saturated carbocycles. The topological polar surface area (TPSA) is 58.4 Å². The van der Waals surface area contributed by atoms with Crippen molar-refractivity contribution in [3.05, 3.63) is 70.8 Å². The van der Waals surface area contributed by atoms with Crippen molar-refractivity contribution in [1.29, 1.82) is 0 Å². The number of piperidine rings is 1. The number of carbonyl (C=O) groups excluding carboxylic acids is 1. The van der Waals surface area contributed by atoms with Crippen molar-refractivity contribution < 1.29 is 4.79 Å². The molecular formula is C23H33Cl2N3O. The zero-order valence-electron chi connectivity index (χ0n) is 17.3. The van der Waals surface area contributed by atoms with Crippen molar-refractivity contribution in [3.63, 3.8) is 0 Å². The molecule has 0 bridgehead atoms. The molecule has 2 aromatic rings. The highest BCUT2D eigenvalue weighted by molar-refractivity contribution is 5.85. The Bertz CT molecular complexity index is 767. The van der Waals surface area contributed by atoms with Gasteiger partial charge in [0.25, 0.3) is 0 Å².